The van der Waals surface area contributed by atoms with Crippen LogP contribution in [0.5, 0.6) is 0 Å². The summed E-state index contributed by atoms with van der Waals surface area (Å²) in [4.78, 5) is 48.9. The highest BCUT2D eigenvalue weighted by Gasteiger charge is 2.41. The Morgan fingerprint density at radius 3 is 2.67 bits per heavy atom. The first kappa shape index (κ1) is 18.7. The van der Waals surface area contributed by atoms with E-state index in [0.29, 0.717) is 5.56 Å². The third-order valence-corrected chi connectivity index (χ3v) is 5.07. The van der Waals surface area contributed by atoms with Crippen LogP contribution >= 0.6 is 11.8 Å². The maximum absolute atomic E-state index is 12.6. The minimum atomic E-state index is -1.01. The van der Waals surface area contributed by atoms with Gasteiger partial charge in [-0.25, -0.2) is 4.79 Å². The molecule has 1 aliphatic heterocycles. The zero-order chi connectivity index (χ0) is 19.7. The Bertz CT molecular complexity index is 994. The number of para-hydroxylation sites is 1. The van der Waals surface area contributed by atoms with Crippen LogP contribution in [0.2, 0.25) is 0 Å². The number of aromatic nitrogens is 1. The number of nitrogens with two attached hydrogens (primary N) is 1. The Balaban J connectivity index is 2.00. The van der Waals surface area contributed by atoms with Crippen LogP contribution in [0.4, 0.5) is 4.79 Å². The number of carbonyl (C=O) groups excluding carboxylic acids is 4. The second-order valence-corrected chi connectivity index (χ2v) is 6.94. The van der Waals surface area contributed by atoms with Crippen molar-refractivity contribution in [3.8, 4) is 0 Å². The standard InChI is InChI=1S/C18H17N3O5S/c1-10(17(24)26-2)21-16(23)14(27-18(21)25)7-11-8-20(9-15(19)22)13-6-4-3-5-12(11)13/h3-8,10H,9H2,1-2H3,(H2,19,22)/b14-7+. The van der Waals surface area contributed by atoms with E-state index in [1.165, 1.54) is 14.0 Å². The van der Waals surface area contributed by atoms with Crippen LogP contribution in [0, 0.1) is 0 Å². The average molecular weight is 387 g/mol. The predicted octanol–water partition coefficient (Wildman–Crippen LogP) is 1.72. The van der Waals surface area contributed by atoms with Crippen molar-refractivity contribution in [2.75, 3.05) is 7.11 Å². The second kappa shape index (κ2) is 7.28. The summed E-state index contributed by atoms with van der Waals surface area (Å²) in [6, 6.07) is 6.33. The third-order valence-electron chi connectivity index (χ3n) is 4.19. The van der Waals surface area contributed by atoms with Gasteiger partial charge in [-0.1, -0.05) is 18.2 Å². The first-order valence-electron chi connectivity index (χ1n) is 8.04. The SMILES string of the molecule is COC(=O)C(C)N1C(=O)S/C(=C/c2cn(CC(N)=O)c3ccccc23)C1=O. The van der Waals surface area contributed by atoms with Crippen LogP contribution in [0.1, 0.15) is 12.5 Å². The van der Waals surface area contributed by atoms with Gasteiger partial charge in [0, 0.05) is 22.7 Å². The number of nitrogens with zero attached hydrogens (tertiary/aromatic N) is 2. The molecule has 2 N–H and O–H groups in total. The van der Waals surface area contributed by atoms with Crippen molar-refractivity contribution in [1.82, 2.24) is 9.47 Å². The number of rotatable bonds is 5. The Morgan fingerprint density at radius 2 is 2.00 bits per heavy atom. The van der Waals surface area contributed by atoms with Gasteiger partial charge in [0.05, 0.1) is 12.0 Å². The number of hydrogen-bond donors (Lipinski definition) is 1. The molecule has 0 aliphatic carbocycles. The summed E-state index contributed by atoms with van der Waals surface area (Å²) in [6.07, 6.45) is 3.28. The van der Waals surface area contributed by atoms with Crippen molar-refractivity contribution in [1.29, 1.82) is 0 Å². The second-order valence-electron chi connectivity index (χ2n) is 5.95. The molecule has 140 valence electrons. The van der Waals surface area contributed by atoms with Crippen molar-refractivity contribution in [3.63, 3.8) is 0 Å². The molecule has 2 aromatic rings. The summed E-state index contributed by atoms with van der Waals surface area (Å²) in [7, 11) is 1.20. The molecule has 9 heteroatoms. The number of esters is 1. The van der Waals surface area contributed by atoms with E-state index in [-0.39, 0.29) is 11.4 Å². The summed E-state index contributed by atoms with van der Waals surface area (Å²) >= 11 is 0.754. The molecule has 1 aromatic carbocycles. The fourth-order valence-corrected chi connectivity index (χ4v) is 3.82. The van der Waals surface area contributed by atoms with Crippen molar-refractivity contribution in [3.05, 3.63) is 40.9 Å². The van der Waals surface area contributed by atoms with Gasteiger partial charge in [-0.15, -0.1) is 0 Å². The van der Waals surface area contributed by atoms with Gasteiger partial charge in [0.25, 0.3) is 11.1 Å². The number of thioether (sulfide) groups is 1. The molecular weight excluding hydrogens is 370 g/mol. The number of ether oxygens (including phenoxy) is 1. The summed E-state index contributed by atoms with van der Waals surface area (Å²) in [5.41, 5.74) is 6.74. The van der Waals surface area contributed by atoms with E-state index < -0.39 is 29.1 Å². The first-order chi connectivity index (χ1) is 12.8. The lowest BCUT2D eigenvalue weighted by molar-refractivity contribution is -0.148. The molecule has 8 nitrogen and oxygen atoms in total. The number of hydrogen-bond acceptors (Lipinski definition) is 6. The molecule has 0 saturated carbocycles. The van der Waals surface area contributed by atoms with Crippen molar-refractivity contribution < 1.29 is 23.9 Å². The van der Waals surface area contributed by atoms with Crippen molar-refractivity contribution in [2.24, 2.45) is 5.73 Å². The quantitative estimate of drug-likeness (QED) is 0.618. The summed E-state index contributed by atoms with van der Waals surface area (Å²) < 4.78 is 6.30. The number of imide groups is 1. The fourth-order valence-electron chi connectivity index (χ4n) is 2.92. The molecule has 1 saturated heterocycles. The molecule has 1 unspecified atom stereocenters. The average Bonchev–Trinajstić information content (AvgIpc) is 3.11. The molecule has 1 fully saturated rings. The number of carbonyl (C=O) groups is 4. The molecule has 27 heavy (non-hydrogen) atoms. The molecule has 1 aromatic heterocycles. The van der Waals surface area contributed by atoms with Gasteiger partial charge in [-0.2, -0.15) is 0 Å². The van der Waals surface area contributed by atoms with Gasteiger partial charge >= 0.3 is 5.97 Å². The summed E-state index contributed by atoms with van der Waals surface area (Å²) in [6.45, 7) is 1.43. The number of methoxy groups -OCH3 is 1. The lowest BCUT2D eigenvalue weighted by Gasteiger charge is -2.18. The lowest BCUT2D eigenvalue weighted by atomic mass is 10.1. The molecule has 3 amide bonds. The molecule has 0 radical (unpaired) electrons. The number of amides is 3. The van der Waals surface area contributed by atoms with Crippen LogP contribution in [0.3, 0.4) is 0 Å². The smallest absolute Gasteiger partial charge is 0.328 e. The van der Waals surface area contributed by atoms with E-state index >= 15 is 0 Å². The van der Waals surface area contributed by atoms with Gasteiger partial charge in [-0.05, 0) is 30.8 Å². The summed E-state index contributed by atoms with van der Waals surface area (Å²) in [5.74, 6) is -1.72. The molecule has 0 bridgehead atoms. The van der Waals surface area contributed by atoms with Crippen LogP contribution in [0.15, 0.2) is 35.4 Å². The third kappa shape index (κ3) is 3.45. The van der Waals surface area contributed by atoms with Crippen LogP contribution in [0.25, 0.3) is 17.0 Å². The molecule has 3 rings (SSSR count). The number of benzene rings is 1. The van der Waals surface area contributed by atoms with E-state index in [0.717, 1.165) is 27.6 Å². The highest BCUT2D eigenvalue weighted by Crippen LogP contribution is 2.35. The number of primary amides is 1. The molecule has 2 heterocycles. The maximum atomic E-state index is 12.6. The highest BCUT2D eigenvalue weighted by molar-refractivity contribution is 8.18. The molecule has 0 spiro atoms. The van der Waals surface area contributed by atoms with Crippen molar-refractivity contribution >= 4 is 51.8 Å². The monoisotopic (exact) mass is 387 g/mol. The number of fused-ring (bicyclic) bond motifs is 1. The minimum absolute atomic E-state index is 0.00476. The molecule has 1 atom stereocenters. The van der Waals surface area contributed by atoms with Gasteiger partial charge in [0.15, 0.2) is 0 Å². The fraction of sp³-hybridized carbons (Fsp3) is 0.222. The first-order valence-corrected chi connectivity index (χ1v) is 8.86. The maximum Gasteiger partial charge on any atom is 0.328 e. The minimum Gasteiger partial charge on any atom is -0.467 e. The Morgan fingerprint density at radius 1 is 1.30 bits per heavy atom. The van der Waals surface area contributed by atoms with Gasteiger partial charge < -0.3 is 15.0 Å². The molecule has 1 aliphatic rings. The van der Waals surface area contributed by atoms with Crippen LogP contribution in [-0.4, -0.2) is 45.6 Å². The van der Waals surface area contributed by atoms with Crippen molar-refractivity contribution in [2.45, 2.75) is 19.5 Å². The van der Waals surface area contributed by atoms with Crippen LogP contribution < -0.4 is 5.73 Å². The predicted molar refractivity (Wildman–Crippen MR) is 100 cm³/mol. The topological polar surface area (TPSA) is 112 Å². The lowest BCUT2D eigenvalue weighted by Crippen LogP contribution is -2.42. The Labute approximate surface area is 158 Å². The highest BCUT2D eigenvalue weighted by atomic mass is 32.2. The van der Waals surface area contributed by atoms with E-state index in [2.05, 4.69) is 4.74 Å². The van der Waals surface area contributed by atoms with E-state index in [1.807, 2.05) is 24.3 Å². The normalized spacial score (nSPS) is 17.0. The van der Waals surface area contributed by atoms with Crippen LogP contribution in [-0.2, 0) is 25.7 Å². The van der Waals surface area contributed by atoms with E-state index in [1.54, 1.807) is 16.8 Å². The molecular formula is C18H17N3O5S. The zero-order valence-corrected chi connectivity index (χ0v) is 15.5. The Kier molecular flexibility index (Phi) is 5.04. The van der Waals surface area contributed by atoms with Gasteiger partial charge in [0.1, 0.15) is 12.6 Å². The van der Waals surface area contributed by atoms with E-state index in [9.17, 15) is 19.2 Å². The zero-order valence-electron chi connectivity index (χ0n) is 14.7. The summed E-state index contributed by atoms with van der Waals surface area (Å²) in [5, 5.41) is 0.275. The van der Waals surface area contributed by atoms with E-state index in [4.69, 9.17) is 5.73 Å². The Hall–Kier alpha value is -3.07. The van der Waals surface area contributed by atoms with Gasteiger partial charge in [0.2, 0.25) is 5.91 Å². The van der Waals surface area contributed by atoms with Gasteiger partial charge in [-0.3, -0.25) is 19.3 Å². The largest absolute Gasteiger partial charge is 0.467 e.